The number of ether oxygens (including phenoxy) is 1. The Morgan fingerprint density at radius 3 is 2.56 bits per heavy atom. The molecule has 0 aromatic heterocycles. The van der Waals surface area contributed by atoms with Gasteiger partial charge in [-0.2, -0.15) is 0 Å². The molecule has 1 saturated heterocycles. The molecule has 2 atom stereocenters. The molecule has 0 amide bonds. The number of carboxylic acid groups (broad SMARTS) is 1. The molecule has 1 aromatic carbocycles. The Bertz CT molecular complexity index is 459. The van der Waals surface area contributed by atoms with Gasteiger partial charge in [0.05, 0.1) is 11.6 Å². The first kappa shape index (κ1) is 11.7. The molecule has 2 aliphatic rings. The molecule has 2 heterocycles. The van der Waals surface area contributed by atoms with Gasteiger partial charge in [0.25, 0.3) is 0 Å². The summed E-state index contributed by atoms with van der Waals surface area (Å²) in [6.45, 7) is 1.95. The summed E-state index contributed by atoms with van der Waals surface area (Å²) < 4.78 is 5.72. The number of aliphatic carboxylic acids is 1. The van der Waals surface area contributed by atoms with E-state index in [1.165, 1.54) is 0 Å². The second-order valence-corrected chi connectivity index (χ2v) is 4.49. The number of carboxylic acids is 1. The molecule has 0 spiro atoms. The van der Waals surface area contributed by atoms with Gasteiger partial charge in [-0.25, -0.2) is 0 Å². The number of hydrogen-bond acceptors (Lipinski definition) is 3. The van der Waals surface area contributed by atoms with Crippen molar-refractivity contribution in [1.82, 2.24) is 0 Å². The van der Waals surface area contributed by atoms with Crippen molar-refractivity contribution in [3.05, 3.63) is 35.4 Å². The van der Waals surface area contributed by atoms with E-state index in [0.717, 1.165) is 17.5 Å². The molecule has 16 heavy (non-hydrogen) atoms. The van der Waals surface area contributed by atoms with E-state index in [0.29, 0.717) is 6.42 Å². The zero-order chi connectivity index (χ0) is 10.7. The predicted octanol–water partition coefficient (Wildman–Crippen LogP) is -2.32. The van der Waals surface area contributed by atoms with Crippen LogP contribution in [-0.4, -0.2) is 5.97 Å². The van der Waals surface area contributed by atoms with E-state index in [9.17, 15) is 9.90 Å². The number of carbonyl (C=O) groups excluding carboxylic acids is 1. The van der Waals surface area contributed by atoms with Gasteiger partial charge < -0.3 is 14.6 Å². The van der Waals surface area contributed by atoms with Gasteiger partial charge in [-0.3, -0.25) is 0 Å². The molecule has 4 heteroatoms. The molecule has 1 fully saturated rings. The summed E-state index contributed by atoms with van der Waals surface area (Å²) in [7, 11) is 0. The van der Waals surface area contributed by atoms with Crippen LogP contribution in [0.25, 0.3) is 0 Å². The molecule has 0 radical (unpaired) electrons. The first-order valence-electron chi connectivity index (χ1n) is 5.10. The van der Waals surface area contributed by atoms with Crippen LogP contribution in [0.15, 0.2) is 24.3 Å². The van der Waals surface area contributed by atoms with Crippen LogP contribution in [0.3, 0.4) is 0 Å². The number of rotatable bonds is 1. The van der Waals surface area contributed by atoms with E-state index in [1.807, 2.05) is 31.2 Å². The van der Waals surface area contributed by atoms with Crippen molar-refractivity contribution < 1.29 is 33.5 Å². The molecule has 0 unspecified atom stereocenters. The summed E-state index contributed by atoms with van der Waals surface area (Å²) in [6.07, 6.45) is 1.26. The van der Waals surface area contributed by atoms with Crippen LogP contribution >= 0.6 is 0 Å². The zero-order valence-corrected chi connectivity index (χ0v) is 9.45. The minimum Gasteiger partial charge on any atom is -0.547 e. The number of benzene rings is 1. The van der Waals surface area contributed by atoms with Gasteiger partial charge in [-0.05, 0) is 30.9 Å². The van der Waals surface area contributed by atoms with Gasteiger partial charge in [0.15, 0.2) is 0 Å². The third-order valence-corrected chi connectivity index (χ3v) is 3.62. The number of hydrogen-bond donors (Lipinski definition) is 0. The van der Waals surface area contributed by atoms with Crippen LogP contribution in [0.2, 0.25) is 0 Å². The average molecular weight is 210 g/mol. The molecule has 1 aromatic rings. The van der Waals surface area contributed by atoms with Gasteiger partial charge in [-0.1, -0.05) is 24.3 Å². The maximum Gasteiger partial charge on any atom is 1.00 e. The maximum atomic E-state index is 11.3. The Morgan fingerprint density at radius 2 is 1.94 bits per heavy atom. The van der Waals surface area contributed by atoms with Crippen LogP contribution < -0.4 is 24.0 Å². The smallest absolute Gasteiger partial charge is 0.547 e. The Balaban J connectivity index is 0.000000963. The van der Waals surface area contributed by atoms with Crippen molar-refractivity contribution >= 4 is 5.97 Å². The van der Waals surface area contributed by atoms with Crippen LogP contribution in [0.4, 0.5) is 0 Å². The molecule has 0 N–H and O–H groups in total. The molecule has 3 nitrogen and oxygen atoms in total. The largest absolute Gasteiger partial charge is 1.00 e. The third kappa shape index (κ3) is 1.17. The minimum absolute atomic E-state index is 0. The summed E-state index contributed by atoms with van der Waals surface area (Å²) in [5.41, 5.74) is 0.154. The number of fused-ring (bicyclic) bond motifs is 5. The number of carbonyl (C=O) groups is 1. The fraction of sp³-hybridized carbons (Fsp3) is 0.417. The minimum atomic E-state index is -1.19. The molecule has 2 aliphatic heterocycles. The Hall–Kier alpha value is -0.753. The van der Waals surface area contributed by atoms with Gasteiger partial charge >= 0.3 is 18.9 Å². The van der Waals surface area contributed by atoms with Crippen molar-refractivity contribution in [2.24, 2.45) is 0 Å². The summed E-state index contributed by atoms with van der Waals surface area (Å²) >= 11 is 0. The first-order chi connectivity index (χ1) is 7.08. The predicted molar refractivity (Wildman–Crippen MR) is 50.8 cm³/mol. The fourth-order valence-corrected chi connectivity index (χ4v) is 2.83. The summed E-state index contributed by atoms with van der Waals surface area (Å²) in [4.78, 5) is 11.3. The zero-order valence-electron chi connectivity index (χ0n) is 9.45. The Labute approximate surface area is 106 Å². The maximum absolute atomic E-state index is 11.3. The van der Waals surface area contributed by atoms with Gasteiger partial charge in [0, 0.05) is 0 Å². The summed E-state index contributed by atoms with van der Waals surface area (Å²) in [5.74, 6) is -1.11. The van der Waals surface area contributed by atoms with Crippen LogP contribution in [0.1, 0.15) is 30.9 Å². The summed E-state index contributed by atoms with van der Waals surface area (Å²) in [6, 6.07) is 7.53. The molecular formula is C12H11LiO3. The molecular weight excluding hydrogens is 199 g/mol. The Morgan fingerprint density at radius 1 is 1.31 bits per heavy atom. The van der Waals surface area contributed by atoms with Crippen molar-refractivity contribution in [1.29, 1.82) is 0 Å². The topological polar surface area (TPSA) is 49.4 Å². The SMILES string of the molecule is C[C@]12CC[C@](C(=O)[O-])(O1)c1ccccc12.[Li+]. The monoisotopic (exact) mass is 210 g/mol. The molecule has 3 rings (SSSR count). The standard InChI is InChI=1S/C12H12O3.Li/c1-11-6-7-12(15-11,10(13)14)9-5-3-2-4-8(9)11;/h2-5H,6-7H2,1H3,(H,13,14);/q;+1/p-1/t11-,12+;/m1./s1. The van der Waals surface area contributed by atoms with E-state index < -0.39 is 17.2 Å². The first-order valence-corrected chi connectivity index (χ1v) is 5.10. The molecule has 78 valence electrons. The van der Waals surface area contributed by atoms with E-state index >= 15 is 0 Å². The van der Waals surface area contributed by atoms with Crippen molar-refractivity contribution in [3.63, 3.8) is 0 Å². The third-order valence-electron chi connectivity index (χ3n) is 3.62. The van der Waals surface area contributed by atoms with Crippen molar-refractivity contribution in [3.8, 4) is 0 Å². The fourth-order valence-electron chi connectivity index (χ4n) is 2.83. The molecule has 0 saturated carbocycles. The van der Waals surface area contributed by atoms with E-state index in [-0.39, 0.29) is 18.9 Å². The van der Waals surface area contributed by atoms with Crippen LogP contribution in [0, 0.1) is 0 Å². The van der Waals surface area contributed by atoms with Crippen molar-refractivity contribution in [2.45, 2.75) is 31.0 Å². The molecule has 0 aliphatic carbocycles. The Kier molecular flexibility index (Phi) is 2.47. The second-order valence-electron chi connectivity index (χ2n) is 4.49. The van der Waals surface area contributed by atoms with Gasteiger partial charge in [0.2, 0.25) is 0 Å². The van der Waals surface area contributed by atoms with Crippen molar-refractivity contribution in [2.75, 3.05) is 0 Å². The van der Waals surface area contributed by atoms with Crippen LogP contribution in [0.5, 0.6) is 0 Å². The van der Waals surface area contributed by atoms with Gasteiger partial charge in [0.1, 0.15) is 5.60 Å². The van der Waals surface area contributed by atoms with Crippen LogP contribution in [-0.2, 0) is 20.7 Å². The average Bonchev–Trinajstić information content (AvgIpc) is 2.70. The molecule has 2 bridgehead atoms. The van der Waals surface area contributed by atoms with E-state index in [2.05, 4.69) is 0 Å². The quantitative estimate of drug-likeness (QED) is 0.489. The van der Waals surface area contributed by atoms with E-state index in [4.69, 9.17) is 4.74 Å². The normalized spacial score (nSPS) is 34.3. The second kappa shape index (κ2) is 3.37. The van der Waals surface area contributed by atoms with E-state index in [1.54, 1.807) is 0 Å². The summed E-state index contributed by atoms with van der Waals surface area (Å²) in [5, 5.41) is 11.3. The van der Waals surface area contributed by atoms with Gasteiger partial charge in [-0.15, -0.1) is 0 Å².